The number of amides is 2. The van der Waals surface area contributed by atoms with Crippen molar-refractivity contribution in [1.82, 2.24) is 20.0 Å². The van der Waals surface area contributed by atoms with Crippen molar-refractivity contribution in [2.24, 2.45) is 5.92 Å². The molecule has 2 saturated heterocycles. The lowest BCUT2D eigenvalue weighted by Gasteiger charge is -2.41. The van der Waals surface area contributed by atoms with Crippen LogP contribution in [0.3, 0.4) is 0 Å². The maximum atomic E-state index is 13.3. The van der Waals surface area contributed by atoms with Gasteiger partial charge < -0.3 is 19.9 Å². The zero-order chi connectivity index (χ0) is 23.0. The van der Waals surface area contributed by atoms with Crippen LogP contribution in [0.25, 0.3) is 0 Å². The van der Waals surface area contributed by atoms with E-state index < -0.39 is 0 Å². The Morgan fingerprint density at radius 2 is 1.67 bits per heavy atom. The number of methoxy groups -OCH3 is 1. The highest BCUT2D eigenvalue weighted by Crippen LogP contribution is 2.31. The molecule has 1 atom stereocenters. The molecule has 1 aromatic carbocycles. The van der Waals surface area contributed by atoms with E-state index in [1.807, 2.05) is 29.2 Å². The molecule has 33 heavy (non-hydrogen) atoms. The first-order valence-corrected chi connectivity index (χ1v) is 12.8. The molecule has 2 heterocycles. The van der Waals surface area contributed by atoms with Gasteiger partial charge in [-0.2, -0.15) is 0 Å². The van der Waals surface area contributed by atoms with Crippen LogP contribution in [0.1, 0.15) is 55.3 Å². The van der Waals surface area contributed by atoms with Crippen LogP contribution in [0.4, 0.5) is 0 Å². The van der Waals surface area contributed by atoms with Crippen molar-refractivity contribution in [2.45, 2.75) is 51.0 Å². The van der Waals surface area contributed by atoms with Gasteiger partial charge in [0.25, 0.3) is 5.91 Å². The van der Waals surface area contributed by atoms with Gasteiger partial charge >= 0.3 is 0 Å². The van der Waals surface area contributed by atoms with E-state index in [0.29, 0.717) is 30.3 Å². The first-order valence-electron chi connectivity index (χ1n) is 12.8. The highest BCUT2D eigenvalue weighted by atomic mass is 16.5. The molecule has 0 aromatic heterocycles. The van der Waals surface area contributed by atoms with Gasteiger partial charge in [-0.05, 0) is 56.8 Å². The van der Waals surface area contributed by atoms with Gasteiger partial charge in [-0.1, -0.05) is 31.4 Å². The minimum Gasteiger partial charge on any atom is -0.496 e. The summed E-state index contributed by atoms with van der Waals surface area (Å²) >= 11 is 0. The van der Waals surface area contributed by atoms with Gasteiger partial charge in [0.15, 0.2) is 0 Å². The molecule has 7 heteroatoms. The van der Waals surface area contributed by atoms with Crippen molar-refractivity contribution in [3.63, 3.8) is 0 Å². The second-order valence-electron chi connectivity index (χ2n) is 9.71. The van der Waals surface area contributed by atoms with E-state index in [-0.39, 0.29) is 17.9 Å². The molecule has 1 aliphatic carbocycles. The van der Waals surface area contributed by atoms with Crippen LogP contribution in [0.2, 0.25) is 0 Å². The number of carbonyl (C=O) groups is 2. The van der Waals surface area contributed by atoms with Crippen molar-refractivity contribution in [3.05, 3.63) is 29.8 Å². The van der Waals surface area contributed by atoms with Crippen molar-refractivity contribution in [1.29, 1.82) is 0 Å². The van der Waals surface area contributed by atoms with E-state index in [2.05, 4.69) is 15.1 Å². The van der Waals surface area contributed by atoms with Crippen molar-refractivity contribution < 1.29 is 14.3 Å². The maximum absolute atomic E-state index is 13.3. The largest absolute Gasteiger partial charge is 0.496 e. The molecular weight excluding hydrogens is 416 g/mol. The van der Waals surface area contributed by atoms with Crippen LogP contribution in [0.15, 0.2) is 24.3 Å². The SMILES string of the molecule is COc1ccccc1C(=O)N1CCN([C@@H](C(=O)NCCN2CCCCC2)C2CCCC2)CC1. The third kappa shape index (κ3) is 6.07. The van der Waals surface area contributed by atoms with E-state index in [9.17, 15) is 9.59 Å². The van der Waals surface area contributed by atoms with Gasteiger partial charge in [0.2, 0.25) is 5.91 Å². The summed E-state index contributed by atoms with van der Waals surface area (Å²) in [7, 11) is 1.60. The zero-order valence-corrected chi connectivity index (χ0v) is 20.1. The van der Waals surface area contributed by atoms with E-state index in [0.717, 1.165) is 52.1 Å². The van der Waals surface area contributed by atoms with Crippen LogP contribution in [0, 0.1) is 5.92 Å². The fraction of sp³-hybridized carbons (Fsp3) is 0.692. The molecule has 182 valence electrons. The maximum Gasteiger partial charge on any atom is 0.257 e. The second-order valence-corrected chi connectivity index (χ2v) is 9.71. The molecule has 2 amide bonds. The van der Waals surface area contributed by atoms with Crippen molar-refractivity contribution in [2.75, 3.05) is 59.5 Å². The van der Waals surface area contributed by atoms with Crippen LogP contribution in [-0.2, 0) is 4.79 Å². The molecule has 0 radical (unpaired) electrons. The van der Waals surface area contributed by atoms with E-state index in [1.165, 1.54) is 32.1 Å². The molecule has 0 unspecified atom stereocenters. The number of hydrogen-bond acceptors (Lipinski definition) is 5. The summed E-state index contributed by atoms with van der Waals surface area (Å²) < 4.78 is 5.38. The Hall–Kier alpha value is -2.12. The topological polar surface area (TPSA) is 65.1 Å². The molecule has 7 nitrogen and oxygen atoms in total. The van der Waals surface area contributed by atoms with Gasteiger partial charge in [-0.15, -0.1) is 0 Å². The number of piperazine rings is 1. The minimum atomic E-state index is -0.0719. The summed E-state index contributed by atoms with van der Waals surface area (Å²) in [6, 6.07) is 7.33. The Labute approximate surface area is 198 Å². The summed E-state index contributed by atoms with van der Waals surface area (Å²) in [5, 5.41) is 3.26. The molecule has 1 N–H and O–H groups in total. The number of piperidine rings is 1. The smallest absolute Gasteiger partial charge is 0.257 e. The monoisotopic (exact) mass is 456 g/mol. The Bertz CT molecular complexity index is 781. The number of carbonyl (C=O) groups excluding carboxylic acids is 2. The fourth-order valence-corrected chi connectivity index (χ4v) is 5.77. The zero-order valence-electron chi connectivity index (χ0n) is 20.1. The number of benzene rings is 1. The average Bonchev–Trinajstić information content (AvgIpc) is 3.39. The normalized spacial score (nSPS) is 21.7. The summed E-state index contributed by atoms with van der Waals surface area (Å²) in [6.45, 7) is 6.75. The highest BCUT2D eigenvalue weighted by molar-refractivity contribution is 5.97. The van der Waals surface area contributed by atoms with E-state index in [1.54, 1.807) is 7.11 Å². The number of rotatable bonds is 8. The summed E-state index contributed by atoms with van der Waals surface area (Å²) in [5.41, 5.74) is 0.608. The predicted molar refractivity (Wildman–Crippen MR) is 130 cm³/mol. The van der Waals surface area contributed by atoms with E-state index in [4.69, 9.17) is 4.74 Å². The average molecular weight is 457 g/mol. The lowest BCUT2D eigenvalue weighted by Crippen LogP contribution is -2.58. The molecule has 1 saturated carbocycles. The quantitative estimate of drug-likeness (QED) is 0.652. The summed E-state index contributed by atoms with van der Waals surface area (Å²) in [4.78, 5) is 33.1. The van der Waals surface area contributed by atoms with Crippen molar-refractivity contribution >= 4 is 11.8 Å². The number of para-hydroxylation sites is 1. The number of nitrogens with one attached hydrogen (secondary N) is 1. The number of nitrogens with zero attached hydrogens (tertiary/aromatic N) is 3. The Morgan fingerprint density at radius 3 is 2.36 bits per heavy atom. The Balaban J connectivity index is 1.33. The lowest BCUT2D eigenvalue weighted by molar-refractivity contribution is -0.129. The van der Waals surface area contributed by atoms with E-state index >= 15 is 0 Å². The second kappa shape index (κ2) is 11.8. The number of ether oxygens (including phenoxy) is 1. The van der Waals surface area contributed by atoms with Gasteiger partial charge in [0.1, 0.15) is 5.75 Å². The lowest BCUT2D eigenvalue weighted by atomic mass is 9.95. The number of likely N-dealkylation sites (tertiary alicyclic amines) is 1. The third-order valence-corrected chi connectivity index (χ3v) is 7.62. The highest BCUT2D eigenvalue weighted by Gasteiger charge is 2.37. The molecular formula is C26H40N4O3. The minimum absolute atomic E-state index is 0.00972. The molecule has 0 spiro atoms. The Kier molecular flexibility index (Phi) is 8.62. The van der Waals surface area contributed by atoms with Crippen molar-refractivity contribution in [3.8, 4) is 5.75 Å². The molecule has 0 bridgehead atoms. The van der Waals surface area contributed by atoms with Gasteiger partial charge in [-0.3, -0.25) is 14.5 Å². The summed E-state index contributed by atoms with van der Waals surface area (Å²) in [5.74, 6) is 1.23. The Morgan fingerprint density at radius 1 is 0.970 bits per heavy atom. The van der Waals surface area contributed by atoms with Gasteiger partial charge in [0, 0.05) is 39.3 Å². The van der Waals surface area contributed by atoms with Gasteiger partial charge in [-0.25, -0.2) is 0 Å². The van der Waals surface area contributed by atoms with Gasteiger partial charge in [0.05, 0.1) is 18.7 Å². The van der Waals surface area contributed by atoms with Crippen LogP contribution >= 0.6 is 0 Å². The molecule has 1 aromatic rings. The molecule has 2 aliphatic heterocycles. The first kappa shape index (κ1) is 24.0. The first-order chi connectivity index (χ1) is 16.2. The number of hydrogen-bond donors (Lipinski definition) is 1. The standard InChI is InChI=1S/C26H40N4O3/c1-33-23-12-6-5-11-22(23)26(32)30-19-17-29(18-20-30)24(21-9-3-4-10-21)25(31)27-13-16-28-14-7-2-8-15-28/h5-6,11-12,21,24H,2-4,7-10,13-20H2,1H3,(H,27,31)/t24-/m1/s1. The summed E-state index contributed by atoms with van der Waals surface area (Å²) in [6.07, 6.45) is 8.57. The third-order valence-electron chi connectivity index (χ3n) is 7.62. The predicted octanol–water partition coefficient (Wildman–Crippen LogP) is 2.61. The van der Waals surface area contributed by atoms with Crippen LogP contribution < -0.4 is 10.1 Å². The van der Waals surface area contributed by atoms with Crippen LogP contribution in [-0.4, -0.2) is 92.0 Å². The molecule has 3 fully saturated rings. The molecule has 3 aliphatic rings. The molecule has 4 rings (SSSR count). The fourth-order valence-electron chi connectivity index (χ4n) is 5.77. The van der Waals surface area contributed by atoms with Crippen LogP contribution in [0.5, 0.6) is 5.75 Å².